The zero-order valence-electron chi connectivity index (χ0n) is 9.43. The fraction of sp³-hybridized carbons (Fsp3) is 0.167. The van der Waals surface area contributed by atoms with E-state index in [4.69, 9.17) is 4.74 Å². The van der Waals surface area contributed by atoms with Gasteiger partial charge in [-0.3, -0.25) is 0 Å². The van der Waals surface area contributed by atoms with Crippen molar-refractivity contribution in [2.24, 2.45) is 0 Å². The van der Waals surface area contributed by atoms with Gasteiger partial charge in [-0.25, -0.2) is 9.78 Å². The summed E-state index contributed by atoms with van der Waals surface area (Å²) in [7, 11) is 2.76. The zero-order chi connectivity index (χ0) is 12.4. The first-order chi connectivity index (χ1) is 8.17. The Bertz CT molecular complexity index is 580. The molecule has 1 aromatic carbocycles. The van der Waals surface area contributed by atoms with Crippen LogP contribution in [0.2, 0.25) is 0 Å². The molecule has 0 radical (unpaired) electrons. The standard InChI is InChI=1S/C12H11NO4/c1-16-10-6-8(12(15)17-2)13-11-7(10)4-3-5-9(11)14/h3-6,14H,1-2H3. The quantitative estimate of drug-likeness (QED) is 0.800. The monoisotopic (exact) mass is 233 g/mol. The van der Waals surface area contributed by atoms with Gasteiger partial charge in [0.25, 0.3) is 0 Å². The lowest BCUT2D eigenvalue weighted by atomic mass is 10.1. The van der Waals surface area contributed by atoms with E-state index in [9.17, 15) is 9.90 Å². The first kappa shape index (κ1) is 11.2. The molecule has 17 heavy (non-hydrogen) atoms. The van der Waals surface area contributed by atoms with Crippen LogP contribution in [-0.4, -0.2) is 30.3 Å². The van der Waals surface area contributed by atoms with Crippen molar-refractivity contribution in [1.29, 1.82) is 0 Å². The Morgan fingerprint density at radius 2 is 2.12 bits per heavy atom. The van der Waals surface area contributed by atoms with Crippen LogP contribution in [0.3, 0.4) is 0 Å². The van der Waals surface area contributed by atoms with Crippen LogP contribution in [0.5, 0.6) is 11.5 Å². The van der Waals surface area contributed by atoms with Crippen molar-refractivity contribution in [3.8, 4) is 11.5 Å². The number of para-hydroxylation sites is 1. The summed E-state index contributed by atoms with van der Waals surface area (Å²) >= 11 is 0. The number of aromatic nitrogens is 1. The minimum atomic E-state index is -0.576. The summed E-state index contributed by atoms with van der Waals surface area (Å²) in [5.41, 5.74) is 0.408. The lowest BCUT2D eigenvalue weighted by Gasteiger charge is -2.08. The summed E-state index contributed by atoms with van der Waals surface area (Å²) in [5.74, 6) is -0.119. The van der Waals surface area contributed by atoms with Crippen molar-refractivity contribution >= 4 is 16.9 Å². The van der Waals surface area contributed by atoms with Gasteiger partial charge in [-0.15, -0.1) is 0 Å². The molecule has 1 aromatic heterocycles. The maximum atomic E-state index is 11.4. The Morgan fingerprint density at radius 3 is 2.76 bits per heavy atom. The summed E-state index contributed by atoms with van der Waals surface area (Å²) < 4.78 is 9.74. The minimum absolute atomic E-state index is 0.00782. The van der Waals surface area contributed by atoms with E-state index >= 15 is 0 Å². The van der Waals surface area contributed by atoms with E-state index in [1.54, 1.807) is 12.1 Å². The van der Waals surface area contributed by atoms with Crippen LogP contribution in [0.4, 0.5) is 0 Å². The number of carbonyl (C=O) groups is 1. The molecule has 2 rings (SSSR count). The molecule has 0 atom stereocenters. The van der Waals surface area contributed by atoms with E-state index < -0.39 is 5.97 Å². The van der Waals surface area contributed by atoms with E-state index in [1.807, 2.05) is 0 Å². The highest BCUT2D eigenvalue weighted by Crippen LogP contribution is 2.30. The molecule has 0 amide bonds. The maximum absolute atomic E-state index is 11.4. The fourth-order valence-corrected chi connectivity index (χ4v) is 1.58. The van der Waals surface area contributed by atoms with E-state index in [0.29, 0.717) is 16.7 Å². The molecular formula is C12H11NO4. The highest BCUT2D eigenvalue weighted by molar-refractivity contribution is 5.96. The first-order valence-corrected chi connectivity index (χ1v) is 4.92. The Balaban J connectivity index is 2.76. The molecule has 1 heterocycles. The molecule has 0 fully saturated rings. The molecule has 0 bridgehead atoms. The molecule has 5 heteroatoms. The number of pyridine rings is 1. The number of fused-ring (bicyclic) bond motifs is 1. The summed E-state index contributed by atoms with van der Waals surface area (Å²) in [4.78, 5) is 15.5. The van der Waals surface area contributed by atoms with Gasteiger partial charge in [0.05, 0.1) is 14.2 Å². The first-order valence-electron chi connectivity index (χ1n) is 4.92. The Hall–Kier alpha value is -2.30. The van der Waals surface area contributed by atoms with Crippen molar-refractivity contribution in [3.63, 3.8) is 0 Å². The number of aromatic hydroxyl groups is 1. The van der Waals surface area contributed by atoms with Gasteiger partial charge in [0, 0.05) is 11.5 Å². The lowest BCUT2D eigenvalue weighted by molar-refractivity contribution is 0.0594. The van der Waals surface area contributed by atoms with Gasteiger partial charge in [-0.2, -0.15) is 0 Å². The molecule has 0 aliphatic heterocycles. The van der Waals surface area contributed by atoms with Crippen LogP contribution in [0.15, 0.2) is 24.3 Å². The van der Waals surface area contributed by atoms with Crippen molar-refractivity contribution in [1.82, 2.24) is 4.98 Å². The average Bonchev–Trinajstić information content (AvgIpc) is 2.37. The second kappa shape index (κ2) is 4.29. The largest absolute Gasteiger partial charge is 0.506 e. The summed E-state index contributed by atoms with van der Waals surface area (Å²) in [6.45, 7) is 0. The maximum Gasteiger partial charge on any atom is 0.356 e. The predicted octanol–water partition coefficient (Wildman–Crippen LogP) is 1.74. The minimum Gasteiger partial charge on any atom is -0.506 e. The third-order valence-electron chi connectivity index (χ3n) is 2.39. The van der Waals surface area contributed by atoms with Crippen LogP contribution in [0, 0.1) is 0 Å². The van der Waals surface area contributed by atoms with Gasteiger partial charge < -0.3 is 14.6 Å². The molecule has 0 aliphatic carbocycles. The lowest BCUT2D eigenvalue weighted by Crippen LogP contribution is -2.05. The SMILES string of the molecule is COC(=O)c1cc(OC)c2cccc(O)c2n1. The van der Waals surface area contributed by atoms with Gasteiger partial charge in [0.2, 0.25) is 0 Å². The fourth-order valence-electron chi connectivity index (χ4n) is 1.58. The number of ether oxygens (including phenoxy) is 2. The third-order valence-corrected chi connectivity index (χ3v) is 2.39. The van der Waals surface area contributed by atoms with Crippen molar-refractivity contribution in [3.05, 3.63) is 30.0 Å². The number of carbonyl (C=O) groups excluding carboxylic acids is 1. The number of phenols is 1. The number of methoxy groups -OCH3 is 2. The topological polar surface area (TPSA) is 68.7 Å². The summed E-state index contributed by atoms with van der Waals surface area (Å²) in [5, 5.41) is 10.3. The predicted molar refractivity (Wildman–Crippen MR) is 61.3 cm³/mol. The molecule has 88 valence electrons. The average molecular weight is 233 g/mol. The molecule has 0 spiro atoms. The Labute approximate surface area is 97.6 Å². The van der Waals surface area contributed by atoms with Crippen LogP contribution in [-0.2, 0) is 4.74 Å². The van der Waals surface area contributed by atoms with E-state index in [0.717, 1.165) is 0 Å². The number of hydrogen-bond acceptors (Lipinski definition) is 5. The molecule has 1 N–H and O–H groups in total. The molecule has 0 saturated carbocycles. The smallest absolute Gasteiger partial charge is 0.356 e. The molecule has 0 unspecified atom stereocenters. The normalized spacial score (nSPS) is 10.2. The van der Waals surface area contributed by atoms with Gasteiger partial charge in [-0.1, -0.05) is 6.07 Å². The second-order valence-corrected chi connectivity index (χ2v) is 3.37. The zero-order valence-corrected chi connectivity index (χ0v) is 9.43. The highest BCUT2D eigenvalue weighted by Gasteiger charge is 2.14. The van der Waals surface area contributed by atoms with Crippen molar-refractivity contribution in [2.75, 3.05) is 14.2 Å². The molecule has 0 saturated heterocycles. The molecule has 0 aliphatic rings. The number of benzene rings is 1. The van der Waals surface area contributed by atoms with Gasteiger partial charge in [-0.05, 0) is 12.1 Å². The number of hydrogen-bond donors (Lipinski definition) is 1. The van der Waals surface area contributed by atoms with E-state index in [1.165, 1.54) is 26.4 Å². The van der Waals surface area contributed by atoms with Gasteiger partial charge >= 0.3 is 5.97 Å². The Morgan fingerprint density at radius 1 is 1.35 bits per heavy atom. The molecule has 2 aromatic rings. The van der Waals surface area contributed by atoms with Crippen molar-refractivity contribution in [2.45, 2.75) is 0 Å². The number of rotatable bonds is 2. The highest BCUT2D eigenvalue weighted by atomic mass is 16.5. The van der Waals surface area contributed by atoms with Crippen LogP contribution in [0.25, 0.3) is 10.9 Å². The van der Waals surface area contributed by atoms with Crippen LogP contribution in [0.1, 0.15) is 10.5 Å². The second-order valence-electron chi connectivity index (χ2n) is 3.37. The third kappa shape index (κ3) is 1.87. The van der Waals surface area contributed by atoms with Crippen LogP contribution < -0.4 is 4.74 Å². The molecule has 5 nitrogen and oxygen atoms in total. The van der Waals surface area contributed by atoms with Gasteiger partial charge in [0.1, 0.15) is 17.0 Å². The van der Waals surface area contributed by atoms with Crippen LogP contribution >= 0.6 is 0 Å². The Kier molecular flexibility index (Phi) is 2.82. The number of esters is 1. The summed E-state index contributed by atoms with van der Waals surface area (Å²) in [6, 6.07) is 6.41. The van der Waals surface area contributed by atoms with E-state index in [-0.39, 0.29) is 11.4 Å². The van der Waals surface area contributed by atoms with Gasteiger partial charge in [0.15, 0.2) is 5.69 Å². The van der Waals surface area contributed by atoms with Crippen molar-refractivity contribution < 1.29 is 19.4 Å². The number of nitrogens with zero attached hydrogens (tertiary/aromatic N) is 1. The van der Waals surface area contributed by atoms with E-state index in [2.05, 4.69) is 9.72 Å². The summed E-state index contributed by atoms with van der Waals surface area (Å²) in [6.07, 6.45) is 0. The molecular weight excluding hydrogens is 222 g/mol. The number of phenolic OH excluding ortho intramolecular Hbond substituents is 1.